The molecule has 1 saturated heterocycles. The summed E-state index contributed by atoms with van der Waals surface area (Å²) in [4.78, 5) is 15.6. The minimum atomic E-state index is -0.124. The van der Waals surface area contributed by atoms with E-state index >= 15 is 0 Å². The van der Waals surface area contributed by atoms with Crippen molar-refractivity contribution in [2.75, 3.05) is 18.8 Å². The van der Waals surface area contributed by atoms with Gasteiger partial charge in [-0.15, -0.1) is 0 Å². The topological polar surface area (TPSA) is 48.0 Å². The Balaban J connectivity index is 1.22. The second-order valence-electron chi connectivity index (χ2n) is 10.7. The number of benzene rings is 2. The lowest BCUT2D eigenvalue weighted by molar-refractivity contribution is -0.113. The third-order valence-corrected chi connectivity index (χ3v) is 9.88. The van der Waals surface area contributed by atoms with Gasteiger partial charge in [0.05, 0.1) is 17.7 Å². The molecule has 0 aromatic heterocycles. The zero-order valence-corrected chi connectivity index (χ0v) is 21.3. The number of ether oxygens (including phenoxy) is 3. The number of carbonyl (C=O) groups excluding carboxylic acids is 1. The maximum Gasteiger partial charge on any atom is 0.270 e. The van der Waals surface area contributed by atoms with Crippen LogP contribution in [0.4, 0.5) is 5.69 Å². The summed E-state index contributed by atoms with van der Waals surface area (Å²) in [7, 11) is 1.69. The third-order valence-electron chi connectivity index (χ3n) is 8.57. The van der Waals surface area contributed by atoms with Gasteiger partial charge < -0.3 is 14.2 Å². The monoisotopic (exact) mass is 505 g/mol. The quantitative estimate of drug-likeness (QED) is 0.359. The number of carbonyl (C=O) groups is 1. The Labute approximate surface area is 214 Å². The van der Waals surface area contributed by atoms with Crippen LogP contribution in [0.15, 0.2) is 41.3 Å². The number of amides is 1. The summed E-state index contributed by atoms with van der Waals surface area (Å²) in [6, 6.07) is 12.1. The van der Waals surface area contributed by atoms with E-state index in [1.165, 1.54) is 55.9 Å². The molecule has 4 bridgehead atoms. The fourth-order valence-corrected chi connectivity index (χ4v) is 8.79. The lowest BCUT2D eigenvalue weighted by Gasteiger charge is -2.57. The van der Waals surface area contributed by atoms with Crippen LogP contribution in [0.25, 0.3) is 6.08 Å². The lowest BCUT2D eigenvalue weighted by atomic mass is 9.48. The number of fused-ring (bicyclic) bond motifs is 1. The maximum absolute atomic E-state index is 13.5. The normalized spacial score (nSPS) is 31.6. The van der Waals surface area contributed by atoms with E-state index in [2.05, 4.69) is 18.2 Å². The highest BCUT2D eigenvalue weighted by atomic mass is 32.2. The number of anilines is 1. The molecule has 0 unspecified atom stereocenters. The summed E-state index contributed by atoms with van der Waals surface area (Å²) in [5.41, 5.74) is 3.34. The average molecular weight is 506 g/mol. The molecule has 1 amide bonds. The summed E-state index contributed by atoms with van der Waals surface area (Å²) in [6.07, 6.45) is 10.1. The van der Waals surface area contributed by atoms with Crippen LogP contribution in [0.2, 0.25) is 0 Å². The summed E-state index contributed by atoms with van der Waals surface area (Å²) >= 11 is 6.94. The molecule has 2 aliphatic heterocycles. The smallest absolute Gasteiger partial charge is 0.270 e. The number of hydrogen-bond donors (Lipinski definition) is 0. The van der Waals surface area contributed by atoms with E-state index < -0.39 is 0 Å². The van der Waals surface area contributed by atoms with Crippen LogP contribution in [0.1, 0.15) is 49.7 Å². The van der Waals surface area contributed by atoms with E-state index in [-0.39, 0.29) is 18.1 Å². The predicted molar refractivity (Wildman–Crippen MR) is 141 cm³/mol. The van der Waals surface area contributed by atoms with E-state index in [0.717, 1.165) is 29.1 Å². The van der Waals surface area contributed by atoms with Crippen molar-refractivity contribution in [3.8, 4) is 17.2 Å². The molecule has 6 aliphatic rings. The van der Waals surface area contributed by atoms with Crippen molar-refractivity contribution in [3.63, 3.8) is 0 Å². The molecule has 4 aliphatic carbocycles. The van der Waals surface area contributed by atoms with Crippen LogP contribution in [-0.2, 0) is 10.2 Å². The molecule has 0 radical (unpaired) electrons. The molecule has 2 heterocycles. The first-order valence-corrected chi connectivity index (χ1v) is 13.6. The number of thiocarbonyl (C=S) groups is 1. The van der Waals surface area contributed by atoms with E-state index in [4.69, 9.17) is 26.4 Å². The fraction of sp³-hybridized carbons (Fsp3) is 0.429. The van der Waals surface area contributed by atoms with Crippen molar-refractivity contribution in [1.82, 2.24) is 0 Å². The molecule has 0 spiro atoms. The summed E-state index contributed by atoms with van der Waals surface area (Å²) in [5.74, 6) is 4.61. The van der Waals surface area contributed by atoms with Crippen LogP contribution in [0, 0.1) is 17.8 Å². The first kappa shape index (κ1) is 21.7. The van der Waals surface area contributed by atoms with Crippen molar-refractivity contribution in [1.29, 1.82) is 0 Å². The van der Waals surface area contributed by atoms with Crippen molar-refractivity contribution in [2.24, 2.45) is 17.8 Å². The summed E-state index contributed by atoms with van der Waals surface area (Å²) in [5, 5.41) is 0. The van der Waals surface area contributed by atoms with Crippen LogP contribution in [0.3, 0.4) is 0 Å². The van der Waals surface area contributed by atoms with Gasteiger partial charge in [-0.25, -0.2) is 0 Å². The van der Waals surface area contributed by atoms with Crippen molar-refractivity contribution in [2.45, 2.75) is 43.9 Å². The van der Waals surface area contributed by atoms with Gasteiger partial charge in [0.2, 0.25) is 6.79 Å². The number of rotatable bonds is 4. The fourth-order valence-electron chi connectivity index (χ4n) is 7.50. The Morgan fingerprint density at radius 1 is 1.03 bits per heavy atom. The molecule has 7 heteroatoms. The standard InChI is InChI=1S/C28H27NO4S2/c1-31-22-4-2-20(28-12-16-6-17(13-28)8-18(7-16)14-28)9-19(22)10-25-26(30)29(27(34)35-25)21-3-5-23-24(11-21)33-15-32-23/h2-5,9-11,16-18H,6-8,12-15H2,1H3/b25-10+. The van der Waals surface area contributed by atoms with Crippen LogP contribution < -0.4 is 19.1 Å². The Morgan fingerprint density at radius 2 is 1.74 bits per heavy atom. The molecule has 0 N–H and O–H groups in total. The van der Waals surface area contributed by atoms with Gasteiger partial charge in [-0.2, -0.15) is 0 Å². The number of thioether (sulfide) groups is 1. The average Bonchev–Trinajstić information content (AvgIpc) is 3.41. The first-order valence-electron chi connectivity index (χ1n) is 12.4. The van der Waals surface area contributed by atoms with Gasteiger partial charge in [-0.05, 0) is 97.6 Å². The molecule has 2 aromatic rings. The summed E-state index contributed by atoms with van der Waals surface area (Å²) in [6.45, 7) is 0.191. The number of hydrogen-bond acceptors (Lipinski definition) is 6. The molecule has 0 atom stereocenters. The third kappa shape index (κ3) is 3.50. The second kappa shape index (κ2) is 8.00. The van der Waals surface area contributed by atoms with Gasteiger partial charge in [0.15, 0.2) is 15.8 Å². The van der Waals surface area contributed by atoms with Crippen molar-refractivity contribution in [3.05, 3.63) is 52.4 Å². The van der Waals surface area contributed by atoms with Crippen LogP contribution >= 0.6 is 24.0 Å². The Bertz CT molecular complexity index is 1250. The molecular formula is C28H27NO4S2. The van der Waals surface area contributed by atoms with Gasteiger partial charge in [0, 0.05) is 11.6 Å². The molecule has 5 nitrogen and oxygen atoms in total. The zero-order chi connectivity index (χ0) is 23.7. The lowest BCUT2D eigenvalue weighted by Crippen LogP contribution is -2.48. The Hall–Kier alpha value is -2.51. The highest BCUT2D eigenvalue weighted by Crippen LogP contribution is 2.61. The number of methoxy groups -OCH3 is 1. The minimum Gasteiger partial charge on any atom is -0.496 e. The van der Waals surface area contributed by atoms with Gasteiger partial charge in [0.1, 0.15) is 5.75 Å². The largest absolute Gasteiger partial charge is 0.496 e. The Kier molecular flexibility index (Phi) is 4.97. The summed E-state index contributed by atoms with van der Waals surface area (Å²) < 4.78 is 17.1. The van der Waals surface area contributed by atoms with Crippen molar-refractivity contribution < 1.29 is 19.0 Å². The molecule has 35 heavy (non-hydrogen) atoms. The van der Waals surface area contributed by atoms with E-state index in [1.807, 2.05) is 24.3 Å². The van der Waals surface area contributed by atoms with E-state index in [9.17, 15) is 4.79 Å². The molecule has 4 saturated carbocycles. The predicted octanol–water partition coefficient (Wildman–Crippen LogP) is 6.30. The van der Waals surface area contributed by atoms with Crippen molar-refractivity contribution >= 4 is 46.0 Å². The van der Waals surface area contributed by atoms with E-state index in [1.54, 1.807) is 12.0 Å². The maximum atomic E-state index is 13.5. The van der Waals surface area contributed by atoms with Gasteiger partial charge in [-0.3, -0.25) is 9.69 Å². The number of nitrogens with zero attached hydrogens (tertiary/aromatic N) is 1. The Morgan fingerprint density at radius 3 is 2.46 bits per heavy atom. The molecule has 180 valence electrons. The van der Waals surface area contributed by atoms with Crippen LogP contribution in [0.5, 0.6) is 17.2 Å². The molecule has 5 fully saturated rings. The first-order chi connectivity index (χ1) is 17.0. The van der Waals surface area contributed by atoms with Gasteiger partial charge in [0.25, 0.3) is 5.91 Å². The molecular weight excluding hydrogens is 478 g/mol. The van der Waals surface area contributed by atoms with Gasteiger partial charge in [-0.1, -0.05) is 30.0 Å². The molecule has 2 aromatic carbocycles. The zero-order valence-electron chi connectivity index (χ0n) is 19.6. The SMILES string of the molecule is COc1ccc(C23CC4CC(CC(C4)C2)C3)cc1/C=C1/SC(=S)N(c2ccc3c(c2)OCO3)C1=O. The molecule has 8 rings (SSSR count). The highest BCUT2D eigenvalue weighted by molar-refractivity contribution is 8.27. The highest BCUT2D eigenvalue weighted by Gasteiger charge is 2.51. The minimum absolute atomic E-state index is 0.124. The van der Waals surface area contributed by atoms with Gasteiger partial charge >= 0.3 is 0 Å². The van der Waals surface area contributed by atoms with E-state index in [0.29, 0.717) is 26.4 Å². The second-order valence-corrected chi connectivity index (χ2v) is 12.4. The van der Waals surface area contributed by atoms with Crippen LogP contribution in [-0.4, -0.2) is 24.1 Å².